The van der Waals surface area contributed by atoms with Crippen LogP contribution in [0.3, 0.4) is 0 Å². The summed E-state index contributed by atoms with van der Waals surface area (Å²) in [6, 6.07) is 8.01. The van der Waals surface area contributed by atoms with E-state index in [1.807, 2.05) is 24.3 Å². The monoisotopic (exact) mass is 301 g/mol. The summed E-state index contributed by atoms with van der Waals surface area (Å²) in [4.78, 5) is 12.6. The van der Waals surface area contributed by atoms with Crippen molar-refractivity contribution >= 4 is 5.91 Å². The van der Waals surface area contributed by atoms with Gasteiger partial charge < -0.3 is 10.1 Å². The van der Waals surface area contributed by atoms with Gasteiger partial charge in [0.25, 0.3) is 5.91 Å². The molecule has 0 radical (unpaired) electrons. The molecule has 2 fully saturated rings. The largest absolute Gasteiger partial charge is 0.380 e. The topological polar surface area (TPSA) is 38.3 Å². The second-order valence-electron chi connectivity index (χ2n) is 7.77. The zero-order chi connectivity index (χ0) is 16.0. The van der Waals surface area contributed by atoms with E-state index in [2.05, 4.69) is 26.1 Å². The van der Waals surface area contributed by atoms with Crippen LogP contribution in [0.4, 0.5) is 0 Å². The van der Waals surface area contributed by atoms with E-state index in [0.29, 0.717) is 18.1 Å². The Hall–Kier alpha value is -1.35. The highest BCUT2D eigenvalue weighted by molar-refractivity contribution is 5.94. The van der Waals surface area contributed by atoms with Gasteiger partial charge in [0.05, 0.1) is 6.61 Å². The van der Waals surface area contributed by atoms with E-state index < -0.39 is 0 Å². The fourth-order valence-corrected chi connectivity index (χ4v) is 4.58. The Balaban J connectivity index is 1.70. The van der Waals surface area contributed by atoms with Crippen LogP contribution in [0.2, 0.25) is 0 Å². The summed E-state index contributed by atoms with van der Waals surface area (Å²) in [5.41, 5.74) is 2.38. The summed E-state index contributed by atoms with van der Waals surface area (Å²) in [6.07, 6.45) is 3.65. The lowest BCUT2D eigenvalue weighted by molar-refractivity contribution is 0.0826. The van der Waals surface area contributed by atoms with E-state index >= 15 is 0 Å². The smallest absolute Gasteiger partial charge is 0.251 e. The molecule has 0 aliphatic heterocycles. The first-order valence-corrected chi connectivity index (χ1v) is 8.27. The van der Waals surface area contributed by atoms with Crippen molar-refractivity contribution in [2.75, 3.05) is 7.11 Å². The Labute approximate surface area is 133 Å². The minimum absolute atomic E-state index is 0.0542. The highest BCUT2D eigenvalue weighted by Gasteiger charge is 2.61. The molecule has 0 spiro atoms. The fraction of sp³-hybridized carbons (Fsp3) is 0.632. The lowest BCUT2D eigenvalue weighted by Crippen LogP contribution is -2.46. The van der Waals surface area contributed by atoms with Crippen LogP contribution in [-0.4, -0.2) is 19.1 Å². The van der Waals surface area contributed by atoms with Crippen LogP contribution in [0.25, 0.3) is 0 Å². The predicted molar refractivity (Wildman–Crippen MR) is 87.6 cm³/mol. The molecule has 2 aliphatic carbocycles. The normalized spacial score (nSPS) is 32.2. The standard InChI is InChI=1S/C19H27NO2/c1-18(2)15-9-10-19(18,3)16(11-15)20-17(21)14-7-5-13(6-8-14)12-22-4/h5-8,15-16H,9-12H2,1-4H3,(H,20,21)/t15-,16+,19-/m1/s1. The molecular weight excluding hydrogens is 274 g/mol. The first-order valence-electron chi connectivity index (χ1n) is 8.27. The number of ether oxygens (including phenoxy) is 1. The molecule has 2 aliphatic rings. The average Bonchev–Trinajstić information content (AvgIpc) is 2.81. The molecule has 1 aromatic carbocycles. The summed E-state index contributed by atoms with van der Waals surface area (Å²) in [5.74, 6) is 0.797. The molecule has 1 N–H and O–H groups in total. The molecule has 22 heavy (non-hydrogen) atoms. The Morgan fingerprint density at radius 3 is 2.45 bits per heavy atom. The quantitative estimate of drug-likeness (QED) is 0.919. The molecule has 3 rings (SSSR count). The van der Waals surface area contributed by atoms with E-state index in [1.165, 1.54) is 12.8 Å². The number of methoxy groups -OCH3 is 1. The van der Waals surface area contributed by atoms with Crippen molar-refractivity contribution in [3.8, 4) is 0 Å². The maximum absolute atomic E-state index is 12.6. The molecule has 3 nitrogen and oxygen atoms in total. The van der Waals surface area contributed by atoms with Gasteiger partial charge >= 0.3 is 0 Å². The van der Waals surface area contributed by atoms with Crippen molar-refractivity contribution in [3.63, 3.8) is 0 Å². The predicted octanol–water partition coefficient (Wildman–Crippen LogP) is 3.78. The van der Waals surface area contributed by atoms with E-state index in [-0.39, 0.29) is 11.3 Å². The highest BCUT2D eigenvalue weighted by atomic mass is 16.5. The van der Waals surface area contributed by atoms with Crippen LogP contribution < -0.4 is 5.32 Å². The molecule has 3 heteroatoms. The molecular formula is C19H27NO2. The van der Waals surface area contributed by atoms with Gasteiger partial charge in [0.15, 0.2) is 0 Å². The van der Waals surface area contributed by atoms with Crippen LogP contribution in [0.5, 0.6) is 0 Å². The van der Waals surface area contributed by atoms with Crippen LogP contribution in [0, 0.1) is 16.7 Å². The first-order chi connectivity index (χ1) is 10.4. The van der Waals surface area contributed by atoms with Gasteiger partial charge in [0.1, 0.15) is 0 Å². The lowest BCUT2D eigenvalue weighted by Gasteiger charge is -2.39. The van der Waals surface area contributed by atoms with Crippen LogP contribution in [0.1, 0.15) is 56.0 Å². The number of nitrogens with one attached hydrogen (secondary N) is 1. The molecule has 0 unspecified atom stereocenters. The number of benzene rings is 1. The van der Waals surface area contributed by atoms with Crippen LogP contribution in [0.15, 0.2) is 24.3 Å². The number of rotatable bonds is 4. The Bertz CT molecular complexity index is 563. The maximum Gasteiger partial charge on any atom is 0.251 e. The van der Waals surface area contributed by atoms with Gasteiger partial charge in [-0.25, -0.2) is 0 Å². The van der Waals surface area contributed by atoms with Crippen molar-refractivity contribution in [1.29, 1.82) is 0 Å². The first kappa shape index (κ1) is 15.5. The van der Waals surface area contributed by atoms with Gasteiger partial charge in [-0.3, -0.25) is 4.79 Å². The van der Waals surface area contributed by atoms with E-state index in [0.717, 1.165) is 23.5 Å². The summed E-state index contributed by atoms with van der Waals surface area (Å²) >= 11 is 0. The van der Waals surface area contributed by atoms with Gasteiger partial charge in [-0.05, 0) is 53.7 Å². The molecule has 3 atom stereocenters. The number of carbonyl (C=O) groups is 1. The molecule has 0 heterocycles. The minimum Gasteiger partial charge on any atom is -0.380 e. The number of hydrogen-bond acceptors (Lipinski definition) is 2. The summed E-state index contributed by atoms with van der Waals surface area (Å²) in [5, 5.41) is 3.30. The Kier molecular flexibility index (Phi) is 3.80. The number of hydrogen-bond donors (Lipinski definition) is 1. The lowest BCUT2D eigenvalue weighted by atomic mass is 9.69. The van der Waals surface area contributed by atoms with Gasteiger partial charge in [-0.2, -0.15) is 0 Å². The number of carbonyl (C=O) groups excluding carboxylic acids is 1. The van der Waals surface area contributed by atoms with Gasteiger partial charge in [0.2, 0.25) is 0 Å². The second-order valence-corrected chi connectivity index (χ2v) is 7.77. The molecule has 0 aromatic heterocycles. The summed E-state index contributed by atoms with van der Waals surface area (Å²) < 4.78 is 5.10. The van der Waals surface area contributed by atoms with Crippen molar-refractivity contribution in [3.05, 3.63) is 35.4 Å². The van der Waals surface area contributed by atoms with Crippen molar-refractivity contribution in [2.45, 2.75) is 52.7 Å². The van der Waals surface area contributed by atoms with E-state index in [9.17, 15) is 4.79 Å². The zero-order valence-corrected chi connectivity index (χ0v) is 14.1. The number of fused-ring (bicyclic) bond motifs is 2. The molecule has 2 saturated carbocycles. The SMILES string of the molecule is COCc1ccc(C(=O)N[C@H]2C[C@H]3CC[C@@]2(C)C3(C)C)cc1. The third-order valence-electron chi connectivity index (χ3n) is 6.63. The van der Waals surface area contributed by atoms with Crippen molar-refractivity contribution in [2.24, 2.45) is 16.7 Å². The average molecular weight is 301 g/mol. The third-order valence-corrected chi connectivity index (χ3v) is 6.63. The number of amides is 1. The molecule has 1 aromatic rings. The van der Waals surface area contributed by atoms with E-state index in [1.54, 1.807) is 7.11 Å². The Morgan fingerprint density at radius 1 is 1.27 bits per heavy atom. The highest BCUT2D eigenvalue weighted by Crippen LogP contribution is 2.65. The van der Waals surface area contributed by atoms with Gasteiger partial charge in [0, 0.05) is 18.7 Å². The van der Waals surface area contributed by atoms with Crippen molar-refractivity contribution < 1.29 is 9.53 Å². The summed E-state index contributed by atoms with van der Waals surface area (Å²) in [6.45, 7) is 7.68. The molecule has 2 bridgehead atoms. The van der Waals surface area contributed by atoms with Gasteiger partial charge in [-0.1, -0.05) is 32.9 Å². The van der Waals surface area contributed by atoms with Gasteiger partial charge in [-0.15, -0.1) is 0 Å². The summed E-state index contributed by atoms with van der Waals surface area (Å²) in [7, 11) is 1.68. The van der Waals surface area contributed by atoms with E-state index in [4.69, 9.17) is 4.74 Å². The minimum atomic E-state index is 0.0542. The van der Waals surface area contributed by atoms with Crippen molar-refractivity contribution in [1.82, 2.24) is 5.32 Å². The van der Waals surface area contributed by atoms with Crippen LogP contribution >= 0.6 is 0 Å². The molecule has 120 valence electrons. The second kappa shape index (κ2) is 5.38. The zero-order valence-electron chi connectivity index (χ0n) is 14.1. The van der Waals surface area contributed by atoms with Crippen LogP contribution in [-0.2, 0) is 11.3 Å². The Morgan fingerprint density at radius 2 is 1.95 bits per heavy atom. The molecule has 1 amide bonds. The fourth-order valence-electron chi connectivity index (χ4n) is 4.58. The molecule has 0 saturated heterocycles. The third kappa shape index (κ3) is 2.26. The maximum atomic E-state index is 12.6.